The number of methoxy groups -OCH3 is 1. The number of carbonyl (C=O) groups is 2. The lowest BCUT2D eigenvalue weighted by atomic mass is 9.48. The van der Waals surface area contributed by atoms with Gasteiger partial charge in [-0.15, -0.1) is 0 Å². The Morgan fingerprint density at radius 1 is 1.14 bits per heavy atom. The van der Waals surface area contributed by atoms with E-state index in [-0.39, 0.29) is 22.7 Å². The van der Waals surface area contributed by atoms with E-state index >= 15 is 0 Å². The molecule has 0 aliphatic heterocycles. The highest BCUT2D eigenvalue weighted by atomic mass is 16.6. The minimum atomic E-state index is -1.02. The molecule has 4 nitrogen and oxygen atoms in total. The molecule has 2 aliphatic rings. The molecule has 1 aromatic carbocycles. The zero-order valence-electron chi connectivity index (χ0n) is 18.4. The molecule has 0 N–H and O–H groups in total. The van der Waals surface area contributed by atoms with Crippen LogP contribution in [-0.2, 0) is 19.1 Å². The number of allylic oxidation sites excluding steroid dienone is 2. The van der Waals surface area contributed by atoms with Crippen molar-refractivity contribution in [3.05, 3.63) is 47.5 Å². The summed E-state index contributed by atoms with van der Waals surface area (Å²) in [6.07, 6.45) is 6.22. The molecule has 158 valence electrons. The quantitative estimate of drug-likeness (QED) is 0.476. The van der Waals surface area contributed by atoms with E-state index in [0.29, 0.717) is 17.9 Å². The Kier molecular flexibility index (Phi) is 6.21. The second-order valence-electron chi connectivity index (χ2n) is 9.64. The number of hydrogen-bond acceptors (Lipinski definition) is 4. The molecule has 0 amide bonds. The van der Waals surface area contributed by atoms with Gasteiger partial charge < -0.3 is 9.47 Å². The minimum absolute atomic E-state index is 0.0765. The van der Waals surface area contributed by atoms with Crippen molar-refractivity contribution in [3.8, 4) is 0 Å². The van der Waals surface area contributed by atoms with Crippen molar-refractivity contribution in [3.63, 3.8) is 0 Å². The second-order valence-corrected chi connectivity index (χ2v) is 9.64. The molecule has 0 aromatic heterocycles. The summed E-state index contributed by atoms with van der Waals surface area (Å²) in [6.45, 7) is 9.21. The highest BCUT2D eigenvalue weighted by molar-refractivity contribution is 5.81. The third kappa shape index (κ3) is 4.26. The Balaban J connectivity index is 1.80. The zero-order valence-corrected chi connectivity index (χ0v) is 18.4. The van der Waals surface area contributed by atoms with Gasteiger partial charge in [0.25, 0.3) is 0 Å². The van der Waals surface area contributed by atoms with E-state index in [1.54, 1.807) is 12.1 Å². The van der Waals surface area contributed by atoms with Crippen LogP contribution in [0.15, 0.2) is 42.0 Å². The molecular formula is C25H34O4. The van der Waals surface area contributed by atoms with Gasteiger partial charge in [0, 0.05) is 5.56 Å². The average molecular weight is 399 g/mol. The standard InChI is InChI=1S/C25H34O4/c1-17-12-13-20-24(2,3)14-9-15-25(20,4)19(17)16-21(26)29-22(23(27)28-5)18-10-7-6-8-11-18/h6-8,10-12,19-20,22H,9,13-16H2,1-5H3/t19?,20-,22-,25+/m0/s1. The van der Waals surface area contributed by atoms with Gasteiger partial charge >= 0.3 is 11.9 Å². The highest BCUT2D eigenvalue weighted by Gasteiger charge is 2.52. The number of hydrogen-bond donors (Lipinski definition) is 0. The van der Waals surface area contributed by atoms with Crippen LogP contribution in [0.3, 0.4) is 0 Å². The molecule has 1 aromatic rings. The highest BCUT2D eigenvalue weighted by Crippen LogP contribution is 2.60. The van der Waals surface area contributed by atoms with Gasteiger partial charge in [0.15, 0.2) is 0 Å². The second kappa shape index (κ2) is 8.33. The van der Waals surface area contributed by atoms with Gasteiger partial charge in [0.1, 0.15) is 0 Å². The van der Waals surface area contributed by atoms with Crippen LogP contribution in [0.1, 0.15) is 71.5 Å². The van der Waals surface area contributed by atoms with Crippen molar-refractivity contribution in [1.82, 2.24) is 0 Å². The van der Waals surface area contributed by atoms with Gasteiger partial charge in [-0.1, -0.05) is 69.2 Å². The van der Waals surface area contributed by atoms with Gasteiger partial charge in [-0.3, -0.25) is 4.79 Å². The summed E-state index contributed by atoms with van der Waals surface area (Å²) in [6, 6.07) is 9.07. The molecule has 1 fully saturated rings. The minimum Gasteiger partial charge on any atom is -0.466 e. The maximum atomic E-state index is 13.0. The molecule has 0 heterocycles. The molecule has 0 bridgehead atoms. The van der Waals surface area contributed by atoms with Crippen molar-refractivity contribution in [1.29, 1.82) is 0 Å². The predicted octanol–water partition coefficient (Wildman–Crippen LogP) is 5.63. The third-order valence-corrected chi connectivity index (χ3v) is 7.43. The van der Waals surface area contributed by atoms with E-state index in [2.05, 4.69) is 33.8 Å². The zero-order chi connectivity index (χ0) is 21.2. The lowest BCUT2D eigenvalue weighted by Crippen LogP contribution is -2.49. The molecule has 0 spiro atoms. The van der Waals surface area contributed by atoms with Crippen LogP contribution in [0.4, 0.5) is 0 Å². The molecule has 3 rings (SSSR count). The molecular weight excluding hydrogens is 364 g/mol. The molecule has 29 heavy (non-hydrogen) atoms. The fourth-order valence-corrected chi connectivity index (χ4v) is 5.86. The van der Waals surface area contributed by atoms with Crippen molar-refractivity contribution in [2.24, 2.45) is 22.7 Å². The molecule has 1 unspecified atom stereocenters. The van der Waals surface area contributed by atoms with E-state index < -0.39 is 12.1 Å². The van der Waals surface area contributed by atoms with Crippen molar-refractivity contribution in [2.45, 2.75) is 65.9 Å². The Morgan fingerprint density at radius 2 is 1.83 bits per heavy atom. The van der Waals surface area contributed by atoms with Crippen LogP contribution < -0.4 is 0 Å². The van der Waals surface area contributed by atoms with Crippen LogP contribution in [-0.4, -0.2) is 19.0 Å². The summed E-state index contributed by atoms with van der Waals surface area (Å²) in [4.78, 5) is 25.3. The van der Waals surface area contributed by atoms with E-state index in [4.69, 9.17) is 9.47 Å². The summed E-state index contributed by atoms with van der Waals surface area (Å²) < 4.78 is 10.6. The van der Waals surface area contributed by atoms with Crippen LogP contribution in [0.5, 0.6) is 0 Å². The fourth-order valence-electron chi connectivity index (χ4n) is 5.86. The van der Waals surface area contributed by atoms with E-state index in [0.717, 1.165) is 12.8 Å². The number of carbonyl (C=O) groups excluding carboxylic acids is 2. The number of benzene rings is 1. The molecule has 0 saturated heterocycles. The topological polar surface area (TPSA) is 52.6 Å². The van der Waals surface area contributed by atoms with E-state index in [1.807, 2.05) is 18.2 Å². The normalized spacial score (nSPS) is 29.2. The summed E-state index contributed by atoms with van der Waals surface area (Å²) in [5.41, 5.74) is 2.25. The largest absolute Gasteiger partial charge is 0.466 e. The Morgan fingerprint density at radius 3 is 2.48 bits per heavy atom. The Hall–Kier alpha value is -2.10. The summed E-state index contributed by atoms with van der Waals surface area (Å²) in [7, 11) is 1.32. The van der Waals surface area contributed by atoms with Gasteiger partial charge in [0.2, 0.25) is 6.10 Å². The van der Waals surface area contributed by atoms with E-state index in [1.165, 1.54) is 25.5 Å². The first kappa shape index (κ1) is 21.6. The van der Waals surface area contributed by atoms with Crippen molar-refractivity contribution < 1.29 is 19.1 Å². The smallest absolute Gasteiger partial charge is 0.351 e. The monoisotopic (exact) mass is 398 g/mol. The van der Waals surface area contributed by atoms with Crippen LogP contribution in [0.2, 0.25) is 0 Å². The lowest BCUT2D eigenvalue weighted by molar-refractivity contribution is -0.168. The summed E-state index contributed by atoms with van der Waals surface area (Å²) in [5.74, 6) is -0.200. The molecule has 0 radical (unpaired) electrons. The first-order valence-electron chi connectivity index (χ1n) is 10.7. The van der Waals surface area contributed by atoms with Crippen molar-refractivity contribution >= 4 is 11.9 Å². The SMILES string of the molecule is COC(=O)[C@@H](OC(=O)CC1C(C)=CC[C@H]2C(C)(C)CCC[C@]12C)c1ccccc1. The van der Waals surface area contributed by atoms with Crippen LogP contribution in [0.25, 0.3) is 0 Å². The Bertz CT molecular complexity index is 779. The first-order chi connectivity index (χ1) is 13.7. The van der Waals surface area contributed by atoms with Crippen molar-refractivity contribution in [2.75, 3.05) is 7.11 Å². The third-order valence-electron chi connectivity index (χ3n) is 7.43. The maximum absolute atomic E-state index is 13.0. The average Bonchev–Trinajstić information content (AvgIpc) is 2.68. The van der Waals surface area contributed by atoms with Gasteiger partial charge in [-0.25, -0.2) is 4.79 Å². The number of ether oxygens (including phenoxy) is 2. The maximum Gasteiger partial charge on any atom is 0.351 e. The molecule has 4 heteroatoms. The van der Waals surface area contributed by atoms with E-state index in [9.17, 15) is 9.59 Å². The Labute approximate surface area is 174 Å². The van der Waals surface area contributed by atoms with Gasteiger partial charge in [-0.2, -0.15) is 0 Å². The van der Waals surface area contributed by atoms with Crippen LogP contribution >= 0.6 is 0 Å². The molecule has 1 saturated carbocycles. The van der Waals surface area contributed by atoms with Gasteiger partial charge in [0.05, 0.1) is 13.5 Å². The summed E-state index contributed by atoms with van der Waals surface area (Å²) in [5, 5.41) is 0. The molecule has 2 aliphatic carbocycles. The number of fused-ring (bicyclic) bond motifs is 1. The summed E-state index contributed by atoms with van der Waals surface area (Å²) >= 11 is 0. The molecule has 4 atom stereocenters. The predicted molar refractivity (Wildman–Crippen MR) is 113 cm³/mol. The number of rotatable bonds is 5. The van der Waals surface area contributed by atoms with Gasteiger partial charge in [-0.05, 0) is 48.9 Å². The van der Waals surface area contributed by atoms with Crippen LogP contribution in [0, 0.1) is 22.7 Å². The fraction of sp³-hybridized carbons (Fsp3) is 0.600. The first-order valence-corrected chi connectivity index (χ1v) is 10.7. The number of esters is 2. The lowest BCUT2D eigenvalue weighted by Gasteiger charge is -2.56.